The number of aromatic amines is 1. The molecule has 1 saturated heterocycles. The van der Waals surface area contributed by atoms with Crippen molar-refractivity contribution in [2.45, 2.75) is 32.0 Å². The van der Waals surface area contributed by atoms with Crippen LogP contribution in [0.2, 0.25) is 0 Å². The van der Waals surface area contributed by atoms with Crippen molar-refractivity contribution >= 4 is 28.2 Å². The summed E-state index contributed by atoms with van der Waals surface area (Å²) in [5.74, 6) is 1.34. The SMILES string of the molecule is O=c1[nH]c2cc3c(cc2cc1CN(Cc1cccnc1)C(=S)NC[C@H]1CCCO1)OCCO3. The highest BCUT2D eigenvalue weighted by Crippen LogP contribution is 2.33. The molecule has 0 unspecified atom stereocenters. The third-order valence-corrected chi connectivity index (χ3v) is 6.24. The van der Waals surface area contributed by atoms with Crippen LogP contribution in [-0.2, 0) is 17.8 Å². The number of pyridine rings is 2. The number of thiocarbonyl (C=S) groups is 1. The van der Waals surface area contributed by atoms with Crippen LogP contribution >= 0.6 is 12.2 Å². The Balaban J connectivity index is 1.40. The molecule has 0 amide bonds. The van der Waals surface area contributed by atoms with Crippen molar-refractivity contribution in [2.24, 2.45) is 0 Å². The molecule has 2 aliphatic heterocycles. The van der Waals surface area contributed by atoms with E-state index in [1.807, 2.05) is 41.4 Å². The molecule has 1 fully saturated rings. The summed E-state index contributed by atoms with van der Waals surface area (Å²) in [7, 11) is 0. The van der Waals surface area contributed by atoms with Crippen molar-refractivity contribution in [1.29, 1.82) is 0 Å². The molecule has 9 heteroatoms. The van der Waals surface area contributed by atoms with E-state index < -0.39 is 0 Å². The highest BCUT2D eigenvalue weighted by molar-refractivity contribution is 7.80. The quantitative estimate of drug-likeness (QED) is 0.536. The molecular weight excluding hydrogens is 440 g/mol. The Bertz CT molecular complexity index is 1190. The number of aromatic nitrogens is 2. The largest absolute Gasteiger partial charge is 0.486 e. The number of H-pyrrole nitrogens is 1. The first-order valence-electron chi connectivity index (χ1n) is 11.1. The summed E-state index contributed by atoms with van der Waals surface area (Å²) in [4.78, 5) is 22.1. The van der Waals surface area contributed by atoms with Gasteiger partial charge in [0.25, 0.3) is 5.56 Å². The fraction of sp³-hybridized carbons (Fsp3) is 0.375. The molecule has 0 aliphatic carbocycles. The second kappa shape index (κ2) is 9.76. The molecule has 0 bridgehead atoms. The summed E-state index contributed by atoms with van der Waals surface area (Å²) < 4.78 is 17.0. The number of nitrogens with zero attached hydrogens (tertiary/aromatic N) is 2. The smallest absolute Gasteiger partial charge is 0.253 e. The second-order valence-electron chi connectivity index (χ2n) is 8.25. The van der Waals surface area contributed by atoms with Crippen LogP contribution in [0.25, 0.3) is 10.9 Å². The van der Waals surface area contributed by atoms with E-state index in [1.165, 1.54) is 0 Å². The summed E-state index contributed by atoms with van der Waals surface area (Å²) in [6.07, 6.45) is 5.81. The van der Waals surface area contributed by atoms with Crippen LogP contribution in [0.4, 0.5) is 0 Å². The van der Waals surface area contributed by atoms with Crippen LogP contribution < -0.4 is 20.3 Å². The van der Waals surface area contributed by atoms with Crippen molar-refractivity contribution in [1.82, 2.24) is 20.2 Å². The van der Waals surface area contributed by atoms with Crippen molar-refractivity contribution in [3.63, 3.8) is 0 Å². The average Bonchev–Trinajstić information content (AvgIpc) is 3.36. The molecule has 5 rings (SSSR count). The molecule has 0 radical (unpaired) electrons. The Labute approximate surface area is 196 Å². The average molecular weight is 467 g/mol. The van der Waals surface area contributed by atoms with Crippen molar-refractivity contribution in [3.8, 4) is 11.5 Å². The summed E-state index contributed by atoms with van der Waals surface area (Å²) >= 11 is 5.72. The number of rotatable bonds is 6. The monoisotopic (exact) mass is 466 g/mol. The molecule has 1 atom stereocenters. The highest BCUT2D eigenvalue weighted by atomic mass is 32.1. The molecular formula is C24H26N4O4S. The maximum absolute atomic E-state index is 12.9. The number of hydrogen-bond donors (Lipinski definition) is 2. The third-order valence-electron chi connectivity index (χ3n) is 5.83. The van der Waals surface area contributed by atoms with E-state index in [0.29, 0.717) is 60.5 Å². The maximum atomic E-state index is 12.9. The fourth-order valence-corrected chi connectivity index (χ4v) is 4.35. The van der Waals surface area contributed by atoms with Gasteiger partial charge in [-0.3, -0.25) is 9.78 Å². The van der Waals surface area contributed by atoms with Crippen LogP contribution in [0.5, 0.6) is 11.5 Å². The number of nitrogens with one attached hydrogen (secondary N) is 2. The summed E-state index contributed by atoms with van der Waals surface area (Å²) in [5.41, 5.74) is 2.18. The second-order valence-corrected chi connectivity index (χ2v) is 8.63. The van der Waals surface area contributed by atoms with E-state index in [1.54, 1.807) is 6.20 Å². The Hall–Kier alpha value is -3.17. The predicted molar refractivity (Wildman–Crippen MR) is 129 cm³/mol. The van der Waals surface area contributed by atoms with Crippen LogP contribution in [0.1, 0.15) is 24.0 Å². The number of hydrogen-bond acceptors (Lipinski definition) is 6. The Morgan fingerprint density at radius 2 is 2.03 bits per heavy atom. The highest BCUT2D eigenvalue weighted by Gasteiger charge is 2.19. The summed E-state index contributed by atoms with van der Waals surface area (Å²) in [6.45, 7) is 3.35. The predicted octanol–water partition coefficient (Wildman–Crippen LogP) is 2.75. The Morgan fingerprint density at radius 1 is 1.18 bits per heavy atom. The number of fused-ring (bicyclic) bond motifs is 2. The minimum Gasteiger partial charge on any atom is -0.486 e. The lowest BCUT2D eigenvalue weighted by molar-refractivity contribution is 0.113. The molecule has 4 heterocycles. The first-order chi connectivity index (χ1) is 16.2. The molecule has 2 aromatic heterocycles. The fourth-order valence-electron chi connectivity index (χ4n) is 4.14. The van der Waals surface area contributed by atoms with Gasteiger partial charge in [-0.25, -0.2) is 0 Å². The molecule has 0 spiro atoms. The first kappa shape index (κ1) is 21.7. The normalized spacial score (nSPS) is 17.2. The molecule has 1 aromatic carbocycles. The van der Waals surface area contributed by atoms with E-state index in [4.69, 9.17) is 26.4 Å². The van der Waals surface area contributed by atoms with Crippen LogP contribution in [-0.4, -0.2) is 52.4 Å². The van der Waals surface area contributed by atoms with Gasteiger partial charge in [0, 0.05) is 49.1 Å². The van der Waals surface area contributed by atoms with Gasteiger partial charge in [0.1, 0.15) is 13.2 Å². The van der Waals surface area contributed by atoms with Gasteiger partial charge < -0.3 is 29.4 Å². The Kier molecular flexibility index (Phi) is 6.41. The molecule has 3 aromatic rings. The third kappa shape index (κ3) is 5.09. The lowest BCUT2D eigenvalue weighted by Crippen LogP contribution is -2.42. The van der Waals surface area contributed by atoms with Gasteiger partial charge in [-0.2, -0.15) is 0 Å². The topological polar surface area (TPSA) is 88.7 Å². The first-order valence-corrected chi connectivity index (χ1v) is 11.6. The molecule has 8 nitrogen and oxygen atoms in total. The van der Waals surface area contributed by atoms with Crippen molar-refractivity contribution in [3.05, 3.63) is 64.2 Å². The Morgan fingerprint density at radius 3 is 2.79 bits per heavy atom. The van der Waals surface area contributed by atoms with E-state index in [-0.39, 0.29) is 11.7 Å². The van der Waals surface area contributed by atoms with Gasteiger partial charge in [0.2, 0.25) is 0 Å². The lowest BCUT2D eigenvalue weighted by Gasteiger charge is -2.27. The zero-order valence-electron chi connectivity index (χ0n) is 18.2. The van der Waals surface area contributed by atoms with Gasteiger partial charge in [-0.05, 0) is 48.8 Å². The maximum Gasteiger partial charge on any atom is 0.253 e. The lowest BCUT2D eigenvalue weighted by atomic mass is 10.1. The van der Waals surface area contributed by atoms with E-state index in [9.17, 15) is 4.79 Å². The van der Waals surface area contributed by atoms with Crippen LogP contribution in [0.15, 0.2) is 47.5 Å². The standard InChI is InChI=1S/C24H26N4O4S/c29-23-18(9-17-10-21-22(11-20(17)27-23)32-8-7-31-21)15-28(14-16-3-1-5-25-12-16)24(33)26-13-19-4-2-6-30-19/h1,3,5,9-12,19H,2,4,6-8,13-15H2,(H,26,33)(H,27,29)/t19-/m1/s1. The zero-order chi connectivity index (χ0) is 22.6. The number of benzene rings is 1. The molecule has 0 saturated carbocycles. The van der Waals surface area contributed by atoms with Gasteiger partial charge in [-0.1, -0.05) is 6.07 Å². The number of ether oxygens (including phenoxy) is 3. The molecule has 172 valence electrons. The van der Waals surface area contributed by atoms with Crippen LogP contribution in [0.3, 0.4) is 0 Å². The van der Waals surface area contributed by atoms with E-state index >= 15 is 0 Å². The summed E-state index contributed by atoms with van der Waals surface area (Å²) in [5, 5.41) is 4.79. The molecule has 2 aliphatic rings. The van der Waals surface area contributed by atoms with Crippen LogP contribution in [0, 0.1) is 0 Å². The van der Waals surface area contributed by atoms with E-state index in [0.717, 1.165) is 30.4 Å². The summed E-state index contributed by atoms with van der Waals surface area (Å²) in [6, 6.07) is 9.51. The molecule has 2 N–H and O–H groups in total. The molecule has 33 heavy (non-hydrogen) atoms. The minimum atomic E-state index is -0.155. The zero-order valence-corrected chi connectivity index (χ0v) is 19.0. The van der Waals surface area contributed by atoms with Gasteiger partial charge >= 0.3 is 0 Å². The minimum absolute atomic E-state index is 0.155. The van der Waals surface area contributed by atoms with E-state index in [2.05, 4.69) is 15.3 Å². The van der Waals surface area contributed by atoms with Crippen molar-refractivity contribution in [2.75, 3.05) is 26.4 Å². The van der Waals surface area contributed by atoms with Gasteiger partial charge in [-0.15, -0.1) is 0 Å². The van der Waals surface area contributed by atoms with Gasteiger partial charge in [0.05, 0.1) is 18.2 Å². The van der Waals surface area contributed by atoms with Crippen molar-refractivity contribution < 1.29 is 14.2 Å². The van der Waals surface area contributed by atoms with Gasteiger partial charge in [0.15, 0.2) is 16.6 Å².